The summed E-state index contributed by atoms with van der Waals surface area (Å²) in [6.45, 7) is 1.80. The molecule has 0 radical (unpaired) electrons. The Bertz CT molecular complexity index is 402. The lowest BCUT2D eigenvalue weighted by atomic mass is 10.1. The van der Waals surface area contributed by atoms with Crippen molar-refractivity contribution in [3.8, 4) is 0 Å². The van der Waals surface area contributed by atoms with Crippen molar-refractivity contribution in [1.82, 2.24) is 4.90 Å². The van der Waals surface area contributed by atoms with Gasteiger partial charge in [0.2, 0.25) is 5.91 Å². The van der Waals surface area contributed by atoms with E-state index in [2.05, 4.69) is 15.9 Å². The predicted octanol–water partition coefficient (Wildman–Crippen LogP) is 3.27. The SMILES string of the molecule is O=C(Cc1cccc(Cl)c1Br)N1CCCC1. The Labute approximate surface area is 109 Å². The molecule has 0 N–H and O–H groups in total. The van der Waals surface area contributed by atoms with Gasteiger partial charge in [0.1, 0.15) is 0 Å². The molecule has 1 aliphatic rings. The van der Waals surface area contributed by atoms with Crippen LogP contribution in [0.1, 0.15) is 18.4 Å². The molecule has 0 unspecified atom stereocenters. The summed E-state index contributed by atoms with van der Waals surface area (Å²) in [6, 6.07) is 5.62. The summed E-state index contributed by atoms with van der Waals surface area (Å²) in [5.41, 5.74) is 0.962. The van der Waals surface area contributed by atoms with E-state index < -0.39 is 0 Å². The summed E-state index contributed by atoms with van der Waals surface area (Å²) in [5, 5.41) is 0.659. The minimum absolute atomic E-state index is 0.195. The highest BCUT2D eigenvalue weighted by Gasteiger charge is 2.19. The lowest BCUT2D eigenvalue weighted by molar-refractivity contribution is -0.129. The zero-order valence-electron chi connectivity index (χ0n) is 8.88. The summed E-state index contributed by atoms with van der Waals surface area (Å²) in [6.07, 6.45) is 2.69. The standard InChI is InChI=1S/C12H13BrClNO/c13-12-9(4-3-5-10(12)14)8-11(16)15-6-1-2-7-15/h3-5H,1-2,6-8H2. The molecule has 1 aliphatic heterocycles. The smallest absolute Gasteiger partial charge is 0.227 e. The van der Waals surface area contributed by atoms with E-state index in [1.165, 1.54) is 0 Å². The molecule has 2 rings (SSSR count). The number of nitrogens with zero attached hydrogens (tertiary/aromatic N) is 1. The van der Waals surface area contributed by atoms with E-state index in [9.17, 15) is 4.79 Å². The molecule has 16 heavy (non-hydrogen) atoms. The lowest BCUT2D eigenvalue weighted by Crippen LogP contribution is -2.29. The minimum atomic E-state index is 0.195. The van der Waals surface area contributed by atoms with Gasteiger partial charge in [-0.1, -0.05) is 23.7 Å². The summed E-state index contributed by atoms with van der Waals surface area (Å²) in [5.74, 6) is 0.195. The third kappa shape index (κ3) is 2.58. The zero-order chi connectivity index (χ0) is 11.5. The van der Waals surface area contributed by atoms with E-state index in [1.54, 1.807) is 0 Å². The highest BCUT2D eigenvalue weighted by molar-refractivity contribution is 9.10. The molecule has 0 saturated carbocycles. The fraction of sp³-hybridized carbons (Fsp3) is 0.417. The van der Waals surface area contributed by atoms with Crippen molar-refractivity contribution in [2.24, 2.45) is 0 Å². The summed E-state index contributed by atoms with van der Waals surface area (Å²) < 4.78 is 0.837. The number of carbonyl (C=O) groups excluding carboxylic acids is 1. The van der Waals surface area contributed by atoms with Crippen LogP contribution in [0.5, 0.6) is 0 Å². The molecule has 1 fully saturated rings. The van der Waals surface area contributed by atoms with Crippen LogP contribution in [0, 0.1) is 0 Å². The van der Waals surface area contributed by atoms with Crippen LogP contribution in [0.4, 0.5) is 0 Å². The number of benzene rings is 1. The van der Waals surface area contributed by atoms with E-state index in [-0.39, 0.29) is 5.91 Å². The van der Waals surface area contributed by atoms with Gasteiger partial charge in [-0.25, -0.2) is 0 Å². The van der Waals surface area contributed by atoms with Crippen LogP contribution in [0.15, 0.2) is 22.7 Å². The third-order valence-corrected chi connectivity index (χ3v) is 4.31. The first kappa shape index (κ1) is 11.9. The largest absolute Gasteiger partial charge is 0.342 e. The van der Waals surface area contributed by atoms with E-state index in [0.717, 1.165) is 36.0 Å². The maximum absolute atomic E-state index is 11.9. The van der Waals surface area contributed by atoms with Gasteiger partial charge in [0, 0.05) is 17.6 Å². The van der Waals surface area contributed by atoms with Gasteiger partial charge in [0.15, 0.2) is 0 Å². The number of likely N-dealkylation sites (tertiary alicyclic amines) is 1. The molecule has 0 aromatic heterocycles. The number of carbonyl (C=O) groups is 1. The molecule has 2 nitrogen and oxygen atoms in total. The average molecular weight is 303 g/mol. The van der Waals surface area contributed by atoms with Gasteiger partial charge >= 0.3 is 0 Å². The van der Waals surface area contributed by atoms with E-state index >= 15 is 0 Å². The fourth-order valence-electron chi connectivity index (χ4n) is 1.93. The quantitative estimate of drug-likeness (QED) is 0.821. The maximum Gasteiger partial charge on any atom is 0.227 e. The number of rotatable bonds is 2. The van der Waals surface area contributed by atoms with Gasteiger partial charge in [-0.2, -0.15) is 0 Å². The molecular formula is C12H13BrClNO. The number of halogens is 2. The van der Waals surface area contributed by atoms with Crippen LogP contribution in [0.2, 0.25) is 5.02 Å². The zero-order valence-corrected chi connectivity index (χ0v) is 11.2. The minimum Gasteiger partial charge on any atom is -0.342 e. The monoisotopic (exact) mass is 301 g/mol. The van der Waals surface area contributed by atoms with E-state index in [1.807, 2.05) is 23.1 Å². The molecule has 1 heterocycles. The first-order chi connectivity index (χ1) is 7.68. The Morgan fingerprint density at radius 2 is 2.06 bits per heavy atom. The Balaban J connectivity index is 2.08. The second-order valence-electron chi connectivity index (χ2n) is 3.98. The van der Waals surface area contributed by atoms with Crippen LogP contribution in [0.3, 0.4) is 0 Å². The molecule has 0 bridgehead atoms. The number of hydrogen-bond acceptors (Lipinski definition) is 1. The molecule has 86 valence electrons. The molecular weight excluding hydrogens is 289 g/mol. The molecule has 0 aliphatic carbocycles. The van der Waals surface area contributed by atoms with Crippen molar-refractivity contribution in [3.05, 3.63) is 33.3 Å². The number of hydrogen-bond donors (Lipinski definition) is 0. The van der Waals surface area contributed by atoms with Crippen molar-refractivity contribution in [3.63, 3.8) is 0 Å². The normalized spacial score (nSPS) is 15.5. The lowest BCUT2D eigenvalue weighted by Gasteiger charge is -2.15. The fourth-order valence-corrected chi connectivity index (χ4v) is 2.52. The summed E-state index contributed by atoms with van der Waals surface area (Å²) in [4.78, 5) is 13.9. The van der Waals surface area contributed by atoms with Gasteiger partial charge in [0.05, 0.1) is 11.4 Å². The third-order valence-electron chi connectivity index (χ3n) is 2.83. The Morgan fingerprint density at radius 1 is 1.38 bits per heavy atom. The molecule has 4 heteroatoms. The van der Waals surface area contributed by atoms with Gasteiger partial charge < -0.3 is 4.90 Å². The van der Waals surface area contributed by atoms with Crippen molar-refractivity contribution >= 4 is 33.4 Å². The second kappa shape index (κ2) is 5.19. The van der Waals surface area contributed by atoms with Crippen LogP contribution < -0.4 is 0 Å². The second-order valence-corrected chi connectivity index (χ2v) is 5.18. The van der Waals surface area contributed by atoms with Gasteiger partial charge in [-0.05, 0) is 40.4 Å². The average Bonchev–Trinajstić information content (AvgIpc) is 2.78. The molecule has 0 atom stereocenters. The number of amides is 1. The highest BCUT2D eigenvalue weighted by Crippen LogP contribution is 2.27. The van der Waals surface area contributed by atoms with Gasteiger partial charge in [-0.15, -0.1) is 0 Å². The van der Waals surface area contributed by atoms with Crippen molar-refractivity contribution in [2.75, 3.05) is 13.1 Å². The molecule has 1 aromatic rings. The van der Waals surface area contributed by atoms with Crippen molar-refractivity contribution in [2.45, 2.75) is 19.3 Å². The maximum atomic E-state index is 11.9. The molecule has 1 amide bonds. The summed E-state index contributed by atoms with van der Waals surface area (Å²) >= 11 is 9.40. The van der Waals surface area contributed by atoms with E-state index in [4.69, 9.17) is 11.6 Å². The first-order valence-electron chi connectivity index (χ1n) is 5.39. The Hall–Kier alpha value is -0.540. The predicted molar refractivity (Wildman–Crippen MR) is 68.7 cm³/mol. The molecule has 1 aromatic carbocycles. The highest BCUT2D eigenvalue weighted by atomic mass is 79.9. The first-order valence-corrected chi connectivity index (χ1v) is 6.56. The van der Waals surface area contributed by atoms with Crippen LogP contribution in [-0.2, 0) is 11.2 Å². The Kier molecular flexibility index (Phi) is 3.87. The van der Waals surface area contributed by atoms with Crippen LogP contribution in [-0.4, -0.2) is 23.9 Å². The van der Waals surface area contributed by atoms with Gasteiger partial charge in [0.25, 0.3) is 0 Å². The van der Waals surface area contributed by atoms with Crippen molar-refractivity contribution in [1.29, 1.82) is 0 Å². The Morgan fingerprint density at radius 3 is 2.75 bits per heavy atom. The topological polar surface area (TPSA) is 20.3 Å². The van der Waals surface area contributed by atoms with Crippen molar-refractivity contribution < 1.29 is 4.79 Å². The molecule has 1 saturated heterocycles. The van der Waals surface area contributed by atoms with Crippen LogP contribution >= 0.6 is 27.5 Å². The van der Waals surface area contributed by atoms with E-state index in [0.29, 0.717) is 11.4 Å². The van der Waals surface area contributed by atoms with Crippen LogP contribution in [0.25, 0.3) is 0 Å². The summed E-state index contributed by atoms with van der Waals surface area (Å²) in [7, 11) is 0. The molecule has 0 spiro atoms. The van der Waals surface area contributed by atoms with Gasteiger partial charge in [-0.3, -0.25) is 4.79 Å².